The molecule has 0 spiro atoms. The third-order valence-electron chi connectivity index (χ3n) is 4.48. The van der Waals surface area contributed by atoms with Gasteiger partial charge in [-0.15, -0.1) is 0 Å². The predicted molar refractivity (Wildman–Crippen MR) is 103 cm³/mol. The van der Waals surface area contributed by atoms with Crippen molar-refractivity contribution in [3.8, 4) is 5.75 Å². The number of carbonyl (C=O) groups excluding carboxylic acids is 1. The van der Waals surface area contributed by atoms with E-state index in [2.05, 4.69) is 4.98 Å². The predicted octanol–water partition coefficient (Wildman–Crippen LogP) is 5.40. The lowest BCUT2D eigenvalue weighted by Crippen LogP contribution is -2.05. The Hall–Kier alpha value is -2.40. The van der Waals surface area contributed by atoms with Crippen molar-refractivity contribution in [2.75, 3.05) is 0 Å². The van der Waals surface area contributed by atoms with Crippen molar-refractivity contribution in [2.45, 2.75) is 19.3 Å². The molecule has 0 fully saturated rings. The van der Waals surface area contributed by atoms with E-state index in [-0.39, 0.29) is 5.69 Å². The Balaban J connectivity index is 1.71. The van der Waals surface area contributed by atoms with Crippen LogP contribution in [0.3, 0.4) is 0 Å². The largest absolute Gasteiger partial charge is 0.486 e. The van der Waals surface area contributed by atoms with Crippen LogP contribution in [0.5, 0.6) is 5.75 Å². The van der Waals surface area contributed by atoms with Crippen LogP contribution in [0.1, 0.15) is 38.8 Å². The number of halogens is 2. The molecule has 0 aliphatic carbocycles. The Morgan fingerprint density at radius 2 is 1.93 bits per heavy atom. The van der Waals surface area contributed by atoms with Gasteiger partial charge in [-0.25, -0.2) is 4.98 Å². The highest BCUT2D eigenvalue weighted by Crippen LogP contribution is 2.44. The molecule has 1 unspecified atom stereocenters. The van der Waals surface area contributed by atoms with Gasteiger partial charge < -0.3 is 9.47 Å². The number of benzene rings is 2. The van der Waals surface area contributed by atoms with E-state index in [1.807, 2.05) is 42.5 Å². The number of aldehydes is 1. The zero-order valence-corrected chi connectivity index (χ0v) is 15.7. The zero-order chi connectivity index (χ0) is 18.8. The first-order chi connectivity index (χ1) is 13.2. The van der Waals surface area contributed by atoms with Gasteiger partial charge in [0.25, 0.3) is 0 Å². The number of aromatic nitrogens is 1. The molecule has 136 valence electrons. The molecule has 0 radical (unpaired) electrons. The molecule has 2 aromatic carbocycles. The maximum atomic E-state index is 11.5. The molecular weight excluding hydrogens is 385 g/mol. The highest BCUT2D eigenvalue weighted by Gasteiger charge is 2.31. The van der Waals surface area contributed by atoms with E-state index in [9.17, 15) is 4.79 Å². The first-order valence-corrected chi connectivity index (χ1v) is 9.14. The summed E-state index contributed by atoms with van der Waals surface area (Å²) in [5.41, 5.74) is 3.65. The average molecular weight is 400 g/mol. The van der Waals surface area contributed by atoms with E-state index in [1.165, 1.54) is 0 Å². The average Bonchev–Trinajstić information content (AvgIpc) is 3.13. The van der Waals surface area contributed by atoms with E-state index in [0.29, 0.717) is 35.3 Å². The molecule has 27 heavy (non-hydrogen) atoms. The molecule has 1 aliphatic heterocycles. The molecule has 0 bridgehead atoms. The SMILES string of the molecule is O=Cc1ncc2c(c1OCc1ccccc1)COC2c1cccc(Cl)c1Cl. The summed E-state index contributed by atoms with van der Waals surface area (Å²) in [7, 11) is 0. The van der Waals surface area contributed by atoms with Crippen molar-refractivity contribution in [3.05, 3.63) is 92.7 Å². The summed E-state index contributed by atoms with van der Waals surface area (Å²) in [4.78, 5) is 15.7. The van der Waals surface area contributed by atoms with Gasteiger partial charge in [-0.1, -0.05) is 65.7 Å². The third-order valence-corrected chi connectivity index (χ3v) is 5.31. The fourth-order valence-electron chi connectivity index (χ4n) is 3.15. The van der Waals surface area contributed by atoms with Gasteiger partial charge in [0, 0.05) is 22.9 Å². The van der Waals surface area contributed by atoms with Crippen molar-refractivity contribution in [1.82, 2.24) is 4.98 Å². The van der Waals surface area contributed by atoms with Crippen molar-refractivity contribution in [2.24, 2.45) is 0 Å². The fourth-order valence-corrected chi connectivity index (χ4v) is 3.55. The van der Waals surface area contributed by atoms with Crippen molar-refractivity contribution in [1.29, 1.82) is 0 Å². The third kappa shape index (κ3) is 3.44. The number of pyridine rings is 1. The number of hydrogen-bond acceptors (Lipinski definition) is 4. The van der Waals surface area contributed by atoms with Crippen LogP contribution in [0.2, 0.25) is 10.0 Å². The van der Waals surface area contributed by atoms with E-state index < -0.39 is 6.10 Å². The maximum Gasteiger partial charge on any atom is 0.172 e. The molecule has 0 saturated heterocycles. The van der Waals surface area contributed by atoms with Crippen LogP contribution in [0.15, 0.2) is 54.7 Å². The van der Waals surface area contributed by atoms with Crippen LogP contribution in [0.25, 0.3) is 0 Å². The van der Waals surface area contributed by atoms with Crippen LogP contribution in [-0.2, 0) is 18.0 Å². The number of carbonyl (C=O) groups is 1. The molecule has 2 heterocycles. The number of nitrogens with zero attached hydrogens (tertiary/aromatic N) is 1. The first-order valence-electron chi connectivity index (χ1n) is 8.38. The molecule has 1 aromatic heterocycles. The molecule has 1 aliphatic rings. The van der Waals surface area contributed by atoms with Crippen molar-refractivity contribution >= 4 is 29.5 Å². The van der Waals surface area contributed by atoms with Crippen LogP contribution in [-0.4, -0.2) is 11.3 Å². The Morgan fingerprint density at radius 1 is 1.11 bits per heavy atom. The van der Waals surface area contributed by atoms with Crippen LogP contribution < -0.4 is 4.74 Å². The van der Waals surface area contributed by atoms with E-state index in [1.54, 1.807) is 12.3 Å². The van der Waals surface area contributed by atoms with E-state index in [4.69, 9.17) is 32.7 Å². The standard InChI is InChI=1S/C21H15Cl2NO3/c22-17-8-4-7-14(19(17)23)20-15-9-24-18(10-25)21(16(15)12-27-20)26-11-13-5-2-1-3-6-13/h1-10,20H,11-12H2. The molecule has 0 N–H and O–H groups in total. The van der Waals surface area contributed by atoms with Crippen molar-refractivity contribution < 1.29 is 14.3 Å². The minimum atomic E-state index is -0.404. The molecule has 1 atom stereocenters. The maximum absolute atomic E-state index is 11.5. The monoisotopic (exact) mass is 399 g/mol. The molecule has 0 saturated carbocycles. The lowest BCUT2D eigenvalue weighted by molar-refractivity contribution is 0.0929. The number of rotatable bonds is 5. The smallest absolute Gasteiger partial charge is 0.172 e. The summed E-state index contributed by atoms with van der Waals surface area (Å²) in [5.74, 6) is 0.451. The number of ether oxygens (including phenoxy) is 2. The molecule has 0 amide bonds. The highest BCUT2D eigenvalue weighted by molar-refractivity contribution is 6.42. The lowest BCUT2D eigenvalue weighted by Gasteiger charge is -2.15. The minimum absolute atomic E-state index is 0.256. The first kappa shape index (κ1) is 18.0. The zero-order valence-electron chi connectivity index (χ0n) is 14.2. The number of hydrogen-bond donors (Lipinski definition) is 0. The minimum Gasteiger partial charge on any atom is -0.486 e. The molecule has 6 heteroatoms. The second-order valence-electron chi connectivity index (χ2n) is 6.13. The Labute approximate surface area is 166 Å². The topological polar surface area (TPSA) is 48.4 Å². The van der Waals surface area contributed by atoms with E-state index in [0.717, 1.165) is 22.3 Å². The van der Waals surface area contributed by atoms with Crippen LogP contribution in [0.4, 0.5) is 0 Å². The fraction of sp³-hybridized carbons (Fsp3) is 0.143. The van der Waals surface area contributed by atoms with Crippen LogP contribution in [0, 0.1) is 0 Å². The van der Waals surface area contributed by atoms with Gasteiger partial charge in [0.1, 0.15) is 18.4 Å². The summed E-state index contributed by atoms with van der Waals surface area (Å²) in [6.45, 7) is 0.638. The summed E-state index contributed by atoms with van der Waals surface area (Å²) < 4.78 is 11.9. The Morgan fingerprint density at radius 3 is 2.70 bits per heavy atom. The van der Waals surface area contributed by atoms with Crippen LogP contribution >= 0.6 is 23.2 Å². The molecule has 4 nitrogen and oxygen atoms in total. The Kier molecular flexibility index (Phi) is 5.12. The van der Waals surface area contributed by atoms with Gasteiger partial charge in [0.2, 0.25) is 0 Å². The molecule has 3 aromatic rings. The summed E-state index contributed by atoms with van der Waals surface area (Å²) in [6, 6.07) is 15.2. The normalized spacial score (nSPS) is 15.4. The van der Waals surface area contributed by atoms with Gasteiger partial charge in [0.05, 0.1) is 16.7 Å². The van der Waals surface area contributed by atoms with Gasteiger partial charge in [-0.2, -0.15) is 0 Å². The highest BCUT2D eigenvalue weighted by atomic mass is 35.5. The number of fused-ring (bicyclic) bond motifs is 1. The van der Waals surface area contributed by atoms with Gasteiger partial charge in [-0.3, -0.25) is 4.79 Å². The molecular formula is C21H15Cl2NO3. The molecule has 4 rings (SSSR count). The van der Waals surface area contributed by atoms with Gasteiger partial charge in [-0.05, 0) is 11.6 Å². The summed E-state index contributed by atoms with van der Waals surface area (Å²) in [5, 5.41) is 0.910. The second kappa shape index (κ2) is 7.69. The summed E-state index contributed by atoms with van der Waals surface area (Å²) in [6.07, 6.45) is 1.93. The Bertz CT molecular complexity index is 992. The summed E-state index contributed by atoms with van der Waals surface area (Å²) >= 11 is 12.5. The second-order valence-corrected chi connectivity index (χ2v) is 6.92. The van der Waals surface area contributed by atoms with E-state index >= 15 is 0 Å². The van der Waals surface area contributed by atoms with Crippen molar-refractivity contribution in [3.63, 3.8) is 0 Å². The van der Waals surface area contributed by atoms with Gasteiger partial charge >= 0.3 is 0 Å². The lowest BCUT2D eigenvalue weighted by atomic mass is 10.00. The van der Waals surface area contributed by atoms with Gasteiger partial charge in [0.15, 0.2) is 12.0 Å². The quantitative estimate of drug-likeness (QED) is 0.538.